The van der Waals surface area contributed by atoms with Crippen molar-refractivity contribution in [3.8, 4) is 10.6 Å². The molecule has 0 bridgehead atoms. The summed E-state index contributed by atoms with van der Waals surface area (Å²) in [6.45, 7) is 1.46. The number of thiazole rings is 1. The van der Waals surface area contributed by atoms with Gasteiger partial charge >= 0.3 is 6.18 Å². The van der Waals surface area contributed by atoms with E-state index in [2.05, 4.69) is 15.6 Å². The van der Waals surface area contributed by atoms with Crippen LogP contribution in [0.4, 0.5) is 13.2 Å². The lowest BCUT2D eigenvalue weighted by atomic mass is 10.2. The van der Waals surface area contributed by atoms with E-state index in [1.54, 1.807) is 30.3 Å². The maximum Gasteiger partial charge on any atom is 0.435 e. The highest BCUT2D eigenvalue weighted by Crippen LogP contribution is 2.37. The van der Waals surface area contributed by atoms with Gasteiger partial charge in [-0.3, -0.25) is 9.59 Å². The number of nitrogens with one attached hydrogen (secondary N) is 2. The minimum absolute atomic E-state index is 0.0221. The average Bonchev–Trinajstić information content (AvgIpc) is 2.97. The molecule has 1 aromatic carbocycles. The molecular formula is C15H14F3N3O2S. The van der Waals surface area contributed by atoms with Gasteiger partial charge < -0.3 is 10.6 Å². The van der Waals surface area contributed by atoms with Crippen LogP contribution in [-0.4, -0.2) is 29.9 Å². The summed E-state index contributed by atoms with van der Waals surface area (Å²) in [5.74, 6) is -1.16. The summed E-state index contributed by atoms with van der Waals surface area (Å²) < 4.78 is 39.4. The van der Waals surface area contributed by atoms with E-state index in [0.29, 0.717) is 16.9 Å². The largest absolute Gasteiger partial charge is 0.435 e. The molecule has 5 nitrogen and oxygen atoms in total. The zero-order valence-corrected chi connectivity index (χ0v) is 13.4. The number of benzene rings is 1. The molecule has 0 fully saturated rings. The Morgan fingerprint density at radius 1 is 1.12 bits per heavy atom. The van der Waals surface area contributed by atoms with Gasteiger partial charge in [0.25, 0.3) is 5.91 Å². The van der Waals surface area contributed by atoms with Crippen molar-refractivity contribution in [2.24, 2.45) is 0 Å². The van der Waals surface area contributed by atoms with E-state index in [1.165, 1.54) is 6.92 Å². The van der Waals surface area contributed by atoms with E-state index in [1.807, 2.05) is 0 Å². The third kappa shape index (κ3) is 4.54. The molecule has 2 aromatic rings. The minimum atomic E-state index is -4.73. The third-order valence-corrected chi connectivity index (χ3v) is 4.01. The molecule has 0 unspecified atom stereocenters. The molecule has 1 heterocycles. The number of hydrogen-bond acceptors (Lipinski definition) is 4. The molecule has 0 spiro atoms. The van der Waals surface area contributed by atoms with Crippen molar-refractivity contribution in [1.29, 1.82) is 0 Å². The van der Waals surface area contributed by atoms with Crippen molar-refractivity contribution >= 4 is 23.2 Å². The first kappa shape index (κ1) is 17.9. The molecule has 0 radical (unpaired) electrons. The molecule has 0 aliphatic carbocycles. The van der Waals surface area contributed by atoms with Crippen LogP contribution in [0, 0.1) is 0 Å². The number of alkyl halides is 3. The lowest BCUT2D eigenvalue weighted by Gasteiger charge is -2.07. The first-order valence-corrected chi connectivity index (χ1v) is 7.76. The quantitative estimate of drug-likeness (QED) is 0.809. The number of halogens is 3. The van der Waals surface area contributed by atoms with Gasteiger partial charge in [0.15, 0.2) is 5.69 Å². The lowest BCUT2D eigenvalue weighted by molar-refractivity contribution is -0.141. The standard InChI is InChI=1S/C15H14F3N3O2S/c1-9(22)19-7-8-20-13(23)11-12(15(16,17)18)21-14(24-11)10-5-3-2-4-6-10/h2-6H,7-8H2,1H3,(H,19,22)(H,20,23). The highest BCUT2D eigenvalue weighted by atomic mass is 32.1. The van der Waals surface area contributed by atoms with Crippen LogP contribution in [-0.2, 0) is 11.0 Å². The predicted octanol–water partition coefficient (Wildman–Crippen LogP) is 2.69. The summed E-state index contributed by atoms with van der Waals surface area (Å²) in [5.41, 5.74) is -0.700. The van der Waals surface area contributed by atoms with Crippen molar-refractivity contribution in [3.63, 3.8) is 0 Å². The molecule has 0 aliphatic rings. The van der Waals surface area contributed by atoms with Crippen LogP contribution < -0.4 is 10.6 Å². The number of hydrogen-bond donors (Lipinski definition) is 2. The van der Waals surface area contributed by atoms with Crippen molar-refractivity contribution < 1.29 is 22.8 Å². The molecule has 1 aromatic heterocycles. The molecule has 0 saturated heterocycles. The zero-order valence-electron chi connectivity index (χ0n) is 12.6. The van der Waals surface area contributed by atoms with Gasteiger partial charge in [-0.1, -0.05) is 30.3 Å². The normalized spacial score (nSPS) is 11.2. The summed E-state index contributed by atoms with van der Waals surface area (Å²) in [5, 5.41) is 4.91. The predicted molar refractivity (Wildman–Crippen MR) is 83.6 cm³/mol. The van der Waals surface area contributed by atoms with Crippen molar-refractivity contribution in [2.75, 3.05) is 13.1 Å². The van der Waals surface area contributed by atoms with Crippen molar-refractivity contribution in [1.82, 2.24) is 15.6 Å². The second-order valence-corrected chi connectivity index (χ2v) is 5.80. The van der Waals surface area contributed by atoms with Crippen LogP contribution >= 0.6 is 11.3 Å². The Hall–Kier alpha value is -2.42. The number of rotatable bonds is 5. The van der Waals surface area contributed by atoms with E-state index in [0.717, 1.165) is 0 Å². The molecule has 0 saturated carbocycles. The van der Waals surface area contributed by atoms with Gasteiger partial charge in [0.2, 0.25) is 5.91 Å². The number of aromatic nitrogens is 1. The van der Waals surface area contributed by atoms with Crippen LogP contribution in [0.2, 0.25) is 0 Å². The Balaban J connectivity index is 2.23. The topological polar surface area (TPSA) is 71.1 Å². The monoisotopic (exact) mass is 357 g/mol. The fourth-order valence-corrected chi connectivity index (χ4v) is 2.87. The van der Waals surface area contributed by atoms with Gasteiger partial charge in [-0.15, -0.1) is 11.3 Å². The van der Waals surface area contributed by atoms with Gasteiger partial charge in [0.05, 0.1) is 0 Å². The van der Waals surface area contributed by atoms with Gasteiger partial charge in [-0.25, -0.2) is 4.98 Å². The van der Waals surface area contributed by atoms with E-state index < -0.39 is 22.7 Å². The fraction of sp³-hybridized carbons (Fsp3) is 0.267. The van der Waals surface area contributed by atoms with Gasteiger partial charge in [0, 0.05) is 25.6 Å². The van der Waals surface area contributed by atoms with Crippen LogP contribution in [0.5, 0.6) is 0 Å². The summed E-state index contributed by atoms with van der Waals surface area (Å²) in [4.78, 5) is 25.9. The van der Waals surface area contributed by atoms with E-state index in [4.69, 9.17) is 0 Å². The highest BCUT2D eigenvalue weighted by molar-refractivity contribution is 7.17. The van der Waals surface area contributed by atoms with E-state index in [-0.39, 0.29) is 24.0 Å². The second kappa shape index (κ2) is 7.43. The number of carbonyl (C=O) groups excluding carboxylic acids is 2. The molecule has 2 N–H and O–H groups in total. The smallest absolute Gasteiger partial charge is 0.355 e. The summed E-state index contributed by atoms with van der Waals surface area (Å²) in [6.07, 6.45) is -4.73. The maximum absolute atomic E-state index is 13.1. The van der Waals surface area contributed by atoms with Gasteiger partial charge in [-0.05, 0) is 0 Å². The Morgan fingerprint density at radius 3 is 2.33 bits per heavy atom. The fourth-order valence-electron chi connectivity index (χ4n) is 1.87. The maximum atomic E-state index is 13.1. The highest BCUT2D eigenvalue weighted by Gasteiger charge is 2.39. The van der Waals surface area contributed by atoms with Crippen molar-refractivity contribution in [2.45, 2.75) is 13.1 Å². The lowest BCUT2D eigenvalue weighted by Crippen LogP contribution is -2.34. The number of amides is 2. The molecule has 0 atom stereocenters. The second-order valence-electron chi connectivity index (χ2n) is 4.80. The Morgan fingerprint density at radius 2 is 1.75 bits per heavy atom. The molecule has 128 valence electrons. The summed E-state index contributed by atoms with van der Waals surface area (Å²) in [7, 11) is 0. The summed E-state index contributed by atoms with van der Waals surface area (Å²) >= 11 is 0.681. The number of nitrogens with zero attached hydrogens (tertiary/aromatic N) is 1. The summed E-state index contributed by atoms with van der Waals surface area (Å²) in [6, 6.07) is 8.33. The molecule has 9 heteroatoms. The van der Waals surface area contributed by atoms with Gasteiger partial charge in [-0.2, -0.15) is 13.2 Å². The van der Waals surface area contributed by atoms with E-state index in [9.17, 15) is 22.8 Å². The molecular weight excluding hydrogens is 343 g/mol. The Labute approximate surface area is 139 Å². The van der Waals surface area contributed by atoms with E-state index >= 15 is 0 Å². The molecule has 2 rings (SSSR count). The van der Waals surface area contributed by atoms with Crippen LogP contribution in [0.1, 0.15) is 22.3 Å². The first-order chi connectivity index (χ1) is 11.3. The van der Waals surface area contributed by atoms with Crippen LogP contribution in [0.25, 0.3) is 10.6 Å². The number of carbonyl (C=O) groups is 2. The third-order valence-electron chi connectivity index (χ3n) is 2.91. The SMILES string of the molecule is CC(=O)NCCNC(=O)c1sc(-c2ccccc2)nc1C(F)(F)F. The van der Waals surface area contributed by atoms with Gasteiger partial charge in [0.1, 0.15) is 9.88 Å². The Bertz CT molecular complexity index is 729. The van der Waals surface area contributed by atoms with Crippen molar-refractivity contribution in [3.05, 3.63) is 40.9 Å². The molecule has 0 aliphatic heterocycles. The minimum Gasteiger partial charge on any atom is -0.355 e. The Kier molecular flexibility index (Phi) is 5.55. The average molecular weight is 357 g/mol. The zero-order chi connectivity index (χ0) is 17.7. The first-order valence-electron chi connectivity index (χ1n) is 6.95. The molecule has 24 heavy (non-hydrogen) atoms. The van der Waals surface area contributed by atoms with Crippen LogP contribution in [0.15, 0.2) is 30.3 Å². The molecule has 2 amide bonds. The van der Waals surface area contributed by atoms with Crippen LogP contribution in [0.3, 0.4) is 0 Å².